The van der Waals surface area contributed by atoms with Gasteiger partial charge in [-0.15, -0.1) is 0 Å². The number of aryl methyl sites for hydroxylation is 1. The Hall–Kier alpha value is -4.53. The summed E-state index contributed by atoms with van der Waals surface area (Å²) in [6.45, 7) is 2.14. The molecule has 0 fully saturated rings. The molecule has 1 aliphatic heterocycles. The van der Waals surface area contributed by atoms with Crippen LogP contribution in [0.3, 0.4) is 0 Å². The minimum Gasteiger partial charge on any atom is -0.364 e. The lowest BCUT2D eigenvalue weighted by Gasteiger charge is -2.35. The second kappa shape index (κ2) is 7.80. The highest BCUT2D eigenvalue weighted by molar-refractivity contribution is 6.49. The molecule has 168 valence electrons. The Labute approximate surface area is 194 Å². The number of H-pyrrole nitrogens is 2. The molecule has 0 radical (unpaired) electrons. The highest BCUT2D eigenvalue weighted by atomic mass is 16.2. The SMILES string of the molecule is Cc1nc(NC2Cc3ccccc3N(C(=O)C(=O)c3c[nH]c4ccccc34)C2)c2cn[nH]c2n1. The molecule has 2 aromatic carbocycles. The van der Waals surface area contributed by atoms with Crippen molar-refractivity contribution in [3.8, 4) is 0 Å². The first-order valence-corrected chi connectivity index (χ1v) is 11.0. The first-order chi connectivity index (χ1) is 16.6. The van der Waals surface area contributed by atoms with Gasteiger partial charge in [-0.3, -0.25) is 14.7 Å². The van der Waals surface area contributed by atoms with Crippen molar-refractivity contribution < 1.29 is 9.59 Å². The van der Waals surface area contributed by atoms with Crippen molar-refractivity contribution in [3.05, 3.63) is 77.9 Å². The molecule has 3 N–H and O–H groups in total. The van der Waals surface area contributed by atoms with Crippen LogP contribution in [0.4, 0.5) is 11.5 Å². The molecule has 4 heterocycles. The van der Waals surface area contributed by atoms with Crippen LogP contribution in [0.25, 0.3) is 21.9 Å². The molecule has 6 rings (SSSR count). The van der Waals surface area contributed by atoms with Crippen LogP contribution in [-0.4, -0.2) is 49.4 Å². The third kappa shape index (κ3) is 3.29. The number of para-hydroxylation sites is 2. The van der Waals surface area contributed by atoms with Gasteiger partial charge < -0.3 is 15.2 Å². The van der Waals surface area contributed by atoms with Gasteiger partial charge in [-0.1, -0.05) is 36.4 Å². The monoisotopic (exact) mass is 451 g/mol. The Kier molecular flexibility index (Phi) is 4.61. The van der Waals surface area contributed by atoms with Crippen molar-refractivity contribution in [1.82, 2.24) is 25.1 Å². The first kappa shape index (κ1) is 20.1. The van der Waals surface area contributed by atoms with Crippen molar-refractivity contribution >= 4 is 45.1 Å². The number of nitrogens with one attached hydrogen (secondary N) is 3. The summed E-state index contributed by atoms with van der Waals surface area (Å²) in [7, 11) is 0. The van der Waals surface area contributed by atoms with E-state index in [9.17, 15) is 9.59 Å². The van der Waals surface area contributed by atoms with Gasteiger partial charge in [-0.2, -0.15) is 5.10 Å². The van der Waals surface area contributed by atoms with Crippen LogP contribution < -0.4 is 10.2 Å². The number of Topliss-reactive ketones (excluding diaryl/α,β-unsaturated/α-hetero) is 1. The third-order valence-corrected chi connectivity index (χ3v) is 6.19. The zero-order valence-electron chi connectivity index (χ0n) is 18.4. The van der Waals surface area contributed by atoms with Crippen LogP contribution in [0.2, 0.25) is 0 Å². The van der Waals surface area contributed by atoms with Crippen LogP contribution in [0.5, 0.6) is 0 Å². The Balaban J connectivity index is 1.34. The smallest absolute Gasteiger partial charge is 0.299 e. The van der Waals surface area contributed by atoms with Crippen molar-refractivity contribution in [3.63, 3.8) is 0 Å². The number of amides is 1. The summed E-state index contributed by atoms with van der Waals surface area (Å²) in [5, 5.41) is 11.9. The molecule has 1 aliphatic rings. The minimum absolute atomic E-state index is 0.151. The fourth-order valence-electron chi connectivity index (χ4n) is 4.63. The van der Waals surface area contributed by atoms with Gasteiger partial charge in [0, 0.05) is 35.4 Å². The van der Waals surface area contributed by atoms with E-state index < -0.39 is 11.7 Å². The fraction of sp³-hybridized carbons (Fsp3) is 0.160. The van der Waals surface area contributed by atoms with E-state index in [0.29, 0.717) is 35.8 Å². The van der Waals surface area contributed by atoms with Gasteiger partial charge in [-0.25, -0.2) is 9.97 Å². The summed E-state index contributed by atoms with van der Waals surface area (Å²) in [5.41, 5.74) is 3.58. The number of carbonyl (C=O) groups is 2. The fourth-order valence-corrected chi connectivity index (χ4v) is 4.63. The third-order valence-electron chi connectivity index (χ3n) is 6.19. The van der Waals surface area contributed by atoms with Crippen LogP contribution in [0.1, 0.15) is 21.7 Å². The van der Waals surface area contributed by atoms with Gasteiger partial charge in [0.25, 0.3) is 11.7 Å². The Morgan fingerprint density at radius 3 is 2.79 bits per heavy atom. The lowest BCUT2D eigenvalue weighted by molar-refractivity contribution is -0.114. The minimum atomic E-state index is -0.559. The molecule has 9 nitrogen and oxygen atoms in total. The van der Waals surface area contributed by atoms with Crippen LogP contribution >= 0.6 is 0 Å². The number of hydrogen-bond acceptors (Lipinski definition) is 6. The zero-order chi connectivity index (χ0) is 23.2. The number of fused-ring (bicyclic) bond motifs is 3. The maximum absolute atomic E-state index is 13.5. The van der Waals surface area contributed by atoms with Crippen molar-refractivity contribution in [2.45, 2.75) is 19.4 Å². The summed E-state index contributed by atoms with van der Waals surface area (Å²) in [5.74, 6) is 0.160. The van der Waals surface area contributed by atoms with E-state index in [-0.39, 0.29) is 6.04 Å². The average molecular weight is 451 g/mol. The lowest BCUT2D eigenvalue weighted by Crippen LogP contribution is -2.48. The van der Waals surface area contributed by atoms with E-state index in [1.165, 1.54) is 0 Å². The van der Waals surface area contributed by atoms with E-state index in [0.717, 1.165) is 27.5 Å². The summed E-state index contributed by atoms with van der Waals surface area (Å²) in [4.78, 5) is 40.4. The number of benzene rings is 2. The second-order valence-corrected chi connectivity index (χ2v) is 8.42. The molecule has 9 heteroatoms. The topological polar surface area (TPSA) is 120 Å². The second-order valence-electron chi connectivity index (χ2n) is 8.42. The van der Waals surface area contributed by atoms with Crippen LogP contribution in [0, 0.1) is 6.92 Å². The number of nitrogens with zero attached hydrogens (tertiary/aromatic N) is 4. The molecular formula is C25H21N7O2. The van der Waals surface area contributed by atoms with E-state index in [1.54, 1.807) is 17.3 Å². The number of aromatic amines is 2. The molecule has 5 aromatic rings. The zero-order valence-corrected chi connectivity index (χ0v) is 18.4. The summed E-state index contributed by atoms with van der Waals surface area (Å²) in [6, 6.07) is 15.0. The number of anilines is 2. The number of hydrogen-bond donors (Lipinski definition) is 3. The Bertz CT molecular complexity index is 1570. The highest BCUT2D eigenvalue weighted by Gasteiger charge is 2.33. The Morgan fingerprint density at radius 2 is 1.88 bits per heavy atom. The average Bonchev–Trinajstić information content (AvgIpc) is 3.50. The summed E-state index contributed by atoms with van der Waals surface area (Å²) >= 11 is 0. The van der Waals surface area contributed by atoms with Gasteiger partial charge >= 0.3 is 0 Å². The van der Waals surface area contributed by atoms with Crippen molar-refractivity contribution in [2.24, 2.45) is 0 Å². The molecule has 1 atom stereocenters. The maximum Gasteiger partial charge on any atom is 0.299 e. The lowest BCUT2D eigenvalue weighted by atomic mass is 9.96. The van der Waals surface area contributed by atoms with Gasteiger partial charge in [0.15, 0.2) is 5.65 Å². The molecule has 1 unspecified atom stereocenters. The maximum atomic E-state index is 13.5. The van der Waals surface area contributed by atoms with Gasteiger partial charge in [0.2, 0.25) is 0 Å². The van der Waals surface area contributed by atoms with Crippen LogP contribution in [0.15, 0.2) is 60.9 Å². The van der Waals surface area contributed by atoms with E-state index in [4.69, 9.17) is 0 Å². The number of ketones is 1. The van der Waals surface area contributed by atoms with Gasteiger partial charge in [0.05, 0.1) is 17.1 Å². The van der Waals surface area contributed by atoms with Gasteiger partial charge in [-0.05, 0) is 31.0 Å². The number of rotatable bonds is 4. The van der Waals surface area contributed by atoms with Gasteiger partial charge in [0.1, 0.15) is 11.6 Å². The summed E-state index contributed by atoms with van der Waals surface area (Å²) < 4.78 is 0. The highest BCUT2D eigenvalue weighted by Crippen LogP contribution is 2.30. The molecule has 0 saturated carbocycles. The van der Waals surface area contributed by atoms with E-state index in [2.05, 4.69) is 30.5 Å². The molecule has 34 heavy (non-hydrogen) atoms. The molecule has 0 saturated heterocycles. The number of carbonyl (C=O) groups excluding carboxylic acids is 2. The normalized spacial score (nSPS) is 15.4. The van der Waals surface area contributed by atoms with E-state index >= 15 is 0 Å². The van der Waals surface area contributed by atoms with Crippen molar-refractivity contribution in [2.75, 3.05) is 16.8 Å². The molecule has 0 spiro atoms. The van der Waals surface area contributed by atoms with E-state index in [1.807, 2.05) is 55.5 Å². The molecule has 0 bridgehead atoms. The molecule has 1 amide bonds. The molecule has 3 aromatic heterocycles. The summed E-state index contributed by atoms with van der Waals surface area (Å²) in [6.07, 6.45) is 3.97. The molecular weight excluding hydrogens is 430 g/mol. The van der Waals surface area contributed by atoms with Crippen LogP contribution in [-0.2, 0) is 11.2 Å². The predicted octanol–water partition coefficient (Wildman–Crippen LogP) is 3.40. The standard InChI is InChI=1S/C25H21N7O2/c1-14-28-23(19-12-27-31-24(19)29-14)30-16-10-15-6-2-5-9-21(15)32(13-16)25(34)22(33)18-11-26-20-8-4-3-7-17(18)20/h2-9,11-12,16,26H,10,13H2,1H3,(H2,27,28,29,30,31). The van der Waals surface area contributed by atoms with Crippen molar-refractivity contribution in [1.29, 1.82) is 0 Å². The number of aromatic nitrogens is 5. The molecule has 0 aliphatic carbocycles. The largest absolute Gasteiger partial charge is 0.364 e. The first-order valence-electron chi connectivity index (χ1n) is 11.0. The quantitative estimate of drug-likeness (QED) is 0.285. The predicted molar refractivity (Wildman–Crippen MR) is 129 cm³/mol. The Morgan fingerprint density at radius 1 is 1.06 bits per heavy atom.